The molecule has 0 radical (unpaired) electrons. The molecule has 1 heterocycles. The Kier molecular flexibility index (Phi) is 6.07. The van der Waals surface area contributed by atoms with Gasteiger partial charge in [-0.15, -0.1) is 0 Å². The Balaban J connectivity index is 0.000000302. The van der Waals surface area contributed by atoms with Crippen LogP contribution in [-0.4, -0.2) is 11.0 Å². The highest BCUT2D eigenvalue weighted by Crippen LogP contribution is 2.06. The largest absolute Gasteiger partial charge is 0.479 e. The molecule has 5 nitrogen and oxygen atoms in total. The Morgan fingerprint density at radius 2 is 1.94 bits per heavy atom. The highest BCUT2D eigenvalue weighted by molar-refractivity contribution is 6.87. The second-order valence-corrected chi connectivity index (χ2v) is 3.46. The second-order valence-electron chi connectivity index (χ2n) is 3.46. The number of nitrogens with zero attached hydrogens (tertiary/aromatic N) is 5. The Bertz CT molecular complexity index is 462. The van der Waals surface area contributed by atoms with Gasteiger partial charge >= 0.3 is 6.42 Å². The molecule has 88 valence electrons. The second kappa shape index (κ2) is 7.03. The highest BCUT2D eigenvalue weighted by atomic mass is 19.1. The van der Waals surface area contributed by atoms with E-state index in [9.17, 15) is 4.32 Å². The first-order valence-electron chi connectivity index (χ1n) is 5.06. The molecular weight excluding hydrogens is 220 g/mol. The van der Waals surface area contributed by atoms with Crippen LogP contribution in [0, 0.1) is 33.8 Å². The minimum Gasteiger partial charge on any atom is -0.479 e. The molecule has 1 aromatic rings. The summed E-state index contributed by atoms with van der Waals surface area (Å²) in [6, 6.07) is 1.42. The molecule has 0 unspecified atom stereocenters. The maximum Gasteiger partial charge on any atom is 0.356 e. The van der Waals surface area contributed by atoms with E-state index in [1.165, 1.54) is 6.07 Å². The summed E-state index contributed by atoms with van der Waals surface area (Å²) in [6.07, 6.45) is 2.30. The minimum absolute atomic E-state index is 0.632. The molecule has 0 spiro atoms. The topological polar surface area (TPSA) is 80.2 Å². The van der Waals surface area contributed by atoms with Crippen LogP contribution in [0.15, 0.2) is 18.7 Å². The monoisotopic (exact) mass is 233 g/mol. The van der Waals surface area contributed by atoms with Crippen molar-refractivity contribution in [3.05, 3.63) is 18.7 Å². The van der Waals surface area contributed by atoms with Gasteiger partial charge in [0.25, 0.3) is 0 Å². The van der Waals surface area contributed by atoms with Crippen molar-refractivity contribution in [3.8, 4) is 18.0 Å². The molecular formula is C10H13BFN5. The molecule has 0 atom stereocenters. The van der Waals surface area contributed by atoms with Crippen LogP contribution in [-0.2, 0) is 13.6 Å². The van der Waals surface area contributed by atoms with Crippen LogP contribution in [0.3, 0.4) is 0 Å². The SMILES string of the molecule is CCn1cc[n+](C)c1.N#CC[B-](F)(C#N)C#N. The summed E-state index contributed by atoms with van der Waals surface area (Å²) in [5.74, 6) is 2.28. The smallest absolute Gasteiger partial charge is 0.356 e. The lowest BCUT2D eigenvalue weighted by molar-refractivity contribution is -0.671. The maximum absolute atomic E-state index is 12.4. The molecule has 1 rings (SSSR count). The van der Waals surface area contributed by atoms with E-state index in [2.05, 4.69) is 24.0 Å². The number of aromatic nitrogens is 2. The van der Waals surface area contributed by atoms with Gasteiger partial charge in [-0.3, -0.25) is 0 Å². The van der Waals surface area contributed by atoms with E-state index in [1.807, 2.05) is 17.8 Å². The third-order valence-corrected chi connectivity index (χ3v) is 1.97. The minimum atomic E-state index is -3.22. The third-order valence-electron chi connectivity index (χ3n) is 1.97. The van der Waals surface area contributed by atoms with Crippen LogP contribution >= 0.6 is 0 Å². The Hall–Kier alpha value is -2.33. The fourth-order valence-corrected chi connectivity index (χ4v) is 0.935. The first-order valence-corrected chi connectivity index (χ1v) is 5.06. The Labute approximate surface area is 99.9 Å². The molecule has 0 aliphatic heterocycles. The molecule has 0 aliphatic carbocycles. The van der Waals surface area contributed by atoms with E-state index >= 15 is 0 Å². The van der Waals surface area contributed by atoms with Crippen LogP contribution in [0.1, 0.15) is 6.92 Å². The summed E-state index contributed by atoms with van der Waals surface area (Å²) >= 11 is 0. The van der Waals surface area contributed by atoms with Gasteiger partial charge in [0.05, 0.1) is 13.6 Å². The zero-order chi connectivity index (χ0) is 13.3. The lowest BCUT2D eigenvalue weighted by Gasteiger charge is -2.06. The molecule has 17 heavy (non-hydrogen) atoms. The quantitative estimate of drug-likeness (QED) is 0.561. The van der Waals surface area contributed by atoms with E-state index in [1.54, 1.807) is 0 Å². The fraction of sp³-hybridized carbons (Fsp3) is 0.400. The van der Waals surface area contributed by atoms with Crippen molar-refractivity contribution in [2.75, 3.05) is 0 Å². The lowest BCUT2D eigenvalue weighted by Crippen LogP contribution is -2.23. The van der Waals surface area contributed by atoms with Gasteiger partial charge in [-0.05, 0) is 13.2 Å². The van der Waals surface area contributed by atoms with Gasteiger partial charge in [0.15, 0.2) is 0 Å². The van der Waals surface area contributed by atoms with Crippen molar-refractivity contribution in [1.82, 2.24) is 4.57 Å². The molecule has 0 aliphatic rings. The van der Waals surface area contributed by atoms with Crippen molar-refractivity contribution < 1.29 is 8.88 Å². The average molecular weight is 233 g/mol. The zero-order valence-corrected chi connectivity index (χ0v) is 9.84. The number of halogens is 1. The summed E-state index contributed by atoms with van der Waals surface area (Å²) in [7, 11) is 2.02. The van der Waals surface area contributed by atoms with Crippen LogP contribution in [0.25, 0.3) is 0 Å². The van der Waals surface area contributed by atoms with E-state index in [-0.39, 0.29) is 0 Å². The molecule has 0 N–H and O–H groups in total. The zero-order valence-electron chi connectivity index (χ0n) is 9.84. The number of rotatable bonds is 2. The molecule has 0 bridgehead atoms. The van der Waals surface area contributed by atoms with Gasteiger partial charge in [0, 0.05) is 6.07 Å². The number of hydrogen-bond acceptors (Lipinski definition) is 3. The Morgan fingerprint density at radius 1 is 1.35 bits per heavy atom. The van der Waals surface area contributed by atoms with Crippen LogP contribution in [0.2, 0.25) is 6.32 Å². The summed E-state index contributed by atoms with van der Waals surface area (Å²) in [6.45, 7) is 3.18. The van der Waals surface area contributed by atoms with Crippen molar-refractivity contribution in [3.63, 3.8) is 0 Å². The fourth-order valence-electron chi connectivity index (χ4n) is 0.935. The molecule has 1 aromatic heterocycles. The molecule has 0 fully saturated rings. The molecule has 7 heteroatoms. The van der Waals surface area contributed by atoms with E-state index in [0.717, 1.165) is 18.5 Å². The number of nitriles is 3. The van der Waals surface area contributed by atoms with Gasteiger partial charge in [-0.1, -0.05) is 11.9 Å². The summed E-state index contributed by atoms with van der Waals surface area (Å²) in [5.41, 5.74) is 0. The standard InChI is InChI=1S/C6H11N2.C4H2BFN3/c1-3-8-5-4-7(2)6-8;6-5(3-8,4-9)1-2-7/h4-6H,3H2,1-2H3;1H2/q+1;-1. The maximum atomic E-state index is 12.4. The van der Waals surface area contributed by atoms with Crippen molar-refractivity contribution in [2.45, 2.75) is 19.8 Å². The predicted octanol–water partition coefficient (Wildman–Crippen LogP) is 0.883. The third kappa shape index (κ3) is 5.34. The van der Waals surface area contributed by atoms with Gasteiger partial charge in [0.1, 0.15) is 12.4 Å². The van der Waals surface area contributed by atoms with Crippen LogP contribution in [0.4, 0.5) is 4.32 Å². The predicted molar refractivity (Wildman–Crippen MR) is 59.8 cm³/mol. The first kappa shape index (κ1) is 14.7. The summed E-state index contributed by atoms with van der Waals surface area (Å²) in [4.78, 5) is 0. The van der Waals surface area contributed by atoms with E-state index < -0.39 is 12.7 Å². The summed E-state index contributed by atoms with van der Waals surface area (Å²) < 4.78 is 16.5. The van der Waals surface area contributed by atoms with E-state index in [0.29, 0.717) is 0 Å². The van der Waals surface area contributed by atoms with Gasteiger partial charge in [-0.25, -0.2) is 24.9 Å². The van der Waals surface area contributed by atoms with Crippen molar-refractivity contribution >= 4 is 6.42 Å². The van der Waals surface area contributed by atoms with Crippen molar-refractivity contribution in [2.24, 2.45) is 7.05 Å². The van der Waals surface area contributed by atoms with Crippen LogP contribution in [0.5, 0.6) is 0 Å². The first-order chi connectivity index (χ1) is 8.01. The van der Waals surface area contributed by atoms with Crippen LogP contribution < -0.4 is 4.57 Å². The molecule has 0 amide bonds. The van der Waals surface area contributed by atoms with Gasteiger partial charge < -0.3 is 4.32 Å². The summed E-state index contributed by atoms with van der Waals surface area (Å²) in [5, 5.41) is 23.8. The van der Waals surface area contributed by atoms with Gasteiger partial charge in [0.2, 0.25) is 6.33 Å². The molecule has 0 aromatic carbocycles. The van der Waals surface area contributed by atoms with Gasteiger partial charge in [-0.2, -0.15) is 0 Å². The normalized spacial score (nSPS) is 9.18. The lowest BCUT2D eigenvalue weighted by atomic mass is 9.44. The van der Waals surface area contributed by atoms with Crippen molar-refractivity contribution in [1.29, 1.82) is 15.8 Å². The molecule has 0 saturated heterocycles. The highest BCUT2D eigenvalue weighted by Gasteiger charge is 2.22. The number of aryl methyl sites for hydroxylation is 2. The molecule has 0 saturated carbocycles. The number of imidazole rings is 1. The average Bonchev–Trinajstić information content (AvgIpc) is 2.76. The number of hydrogen-bond donors (Lipinski definition) is 0. The van der Waals surface area contributed by atoms with E-state index in [4.69, 9.17) is 15.8 Å². The Morgan fingerprint density at radius 3 is 2.12 bits per heavy atom.